The maximum atomic E-state index is 10.9. The molecule has 1 aromatic heterocycles. The molecule has 0 saturated heterocycles. The normalized spacial score (nSPS) is 10.8. The SMILES string of the molecule is O=C(O)c1ccc2nc(NCCSCCCO)oc2c1. The maximum absolute atomic E-state index is 10.9. The van der Waals surface area contributed by atoms with E-state index in [0.717, 1.165) is 17.9 Å². The Labute approximate surface area is 120 Å². The number of aromatic nitrogens is 1. The fraction of sp³-hybridized carbons (Fsp3) is 0.385. The number of carboxylic acids is 1. The average Bonchev–Trinajstić information content (AvgIpc) is 2.84. The number of benzene rings is 1. The van der Waals surface area contributed by atoms with Crippen LogP contribution in [0.1, 0.15) is 16.8 Å². The number of oxazole rings is 1. The van der Waals surface area contributed by atoms with Crippen molar-refractivity contribution in [3.05, 3.63) is 23.8 Å². The molecule has 20 heavy (non-hydrogen) atoms. The Hall–Kier alpha value is -1.73. The van der Waals surface area contributed by atoms with Gasteiger partial charge in [-0.3, -0.25) is 0 Å². The molecule has 1 aromatic carbocycles. The van der Waals surface area contributed by atoms with E-state index in [2.05, 4.69) is 10.3 Å². The molecule has 3 N–H and O–H groups in total. The van der Waals surface area contributed by atoms with Crippen molar-refractivity contribution < 1.29 is 19.4 Å². The summed E-state index contributed by atoms with van der Waals surface area (Å²) in [4.78, 5) is 15.1. The van der Waals surface area contributed by atoms with Crippen LogP contribution in [0.2, 0.25) is 0 Å². The molecule has 0 aliphatic rings. The van der Waals surface area contributed by atoms with Crippen molar-refractivity contribution in [1.29, 1.82) is 0 Å². The number of aliphatic hydroxyl groups excluding tert-OH is 1. The third-order valence-corrected chi connectivity index (χ3v) is 3.67. The van der Waals surface area contributed by atoms with Crippen LogP contribution >= 0.6 is 11.8 Å². The Kier molecular flexibility index (Phi) is 5.25. The highest BCUT2D eigenvalue weighted by Crippen LogP contribution is 2.20. The van der Waals surface area contributed by atoms with Crippen LogP contribution in [0.3, 0.4) is 0 Å². The van der Waals surface area contributed by atoms with Crippen LogP contribution in [0.5, 0.6) is 0 Å². The van der Waals surface area contributed by atoms with Gasteiger partial charge in [-0.2, -0.15) is 16.7 Å². The number of carbonyl (C=O) groups is 1. The van der Waals surface area contributed by atoms with Crippen molar-refractivity contribution in [3.63, 3.8) is 0 Å². The molecule has 0 radical (unpaired) electrons. The van der Waals surface area contributed by atoms with Crippen molar-refractivity contribution in [2.24, 2.45) is 0 Å². The second-order valence-corrected chi connectivity index (χ2v) is 5.35. The van der Waals surface area contributed by atoms with Gasteiger partial charge in [0.1, 0.15) is 5.52 Å². The predicted octanol–water partition coefficient (Wildman–Crippen LogP) is 2.05. The molecule has 0 unspecified atom stereocenters. The molecule has 0 atom stereocenters. The summed E-state index contributed by atoms with van der Waals surface area (Å²) in [6.45, 7) is 0.923. The molecule has 108 valence electrons. The number of thioether (sulfide) groups is 1. The number of aliphatic hydroxyl groups is 1. The van der Waals surface area contributed by atoms with E-state index in [0.29, 0.717) is 23.7 Å². The summed E-state index contributed by atoms with van der Waals surface area (Å²) >= 11 is 1.74. The van der Waals surface area contributed by atoms with E-state index in [-0.39, 0.29) is 12.2 Å². The van der Waals surface area contributed by atoms with Crippen LogP contribution in [0, 0.1) is 0 Å². The van der Waals surface area contributed by atoms with Gasteiger partial charge in [0, 0.05) is 18.9 Å². The monoisotopic (exact) mass is 296 g/mol. The zero-order chi connectivity index (χ0) is 14.4. The van der Waals surface area contributed by atoms with E-state index in [4.69, 9.17) is 14.6 Å². The molecule has 0 amide bonds. The smallest absolute Gasteiger partial charge is 0.335 e. The second-order valence-electron chi connectivity index (χ2n) is 4.12. The van der Waals surface area contributed by atoms with Crippen molar-refractivity contribution in [1.82, 2.24) is 4.98 Å². The molecule has 0 aliphatic heterocycles. The number of nitrogens with one attached hydrogen (secondary N) is 1. The van der Waals surface area contributed by atoms with Gasteiger partial charge in [0.2, 0.25) is 0 Å². The van der Waals surface area contributed by atoms with Crippen LogP contribution in [0.4, 0.5) is 6.01 Å². The number of anilines is 1. The minimum absolute atomic E-state index is 0.180. The van der Waals surface area contributed by atoms with E-state index in [1.54, 1.807) is 17.8 Å². The first kappa shape index (κ1) is 14.7. The molecular weight excluding hydrogens is 280 g/mol. The second kappa shape index (κ2) is 7.16. The Morgan fingerprint density at radius 3 is 3.00 bits per heavy atom. The van der Waals surface area contributed by atoms with E-state index in [1.165, 1.54) is 12.1 Å². The molecule has 7 heteroatoms. The Balaban J connectivity index is 1.89. The predicted molar refractivity (Wildman–Crippen MR) is 78.5 cm³/mol. The summed E-state index contributed by atoms with van der Waals surface area (Å²) in [6, 6.07) is 4.99. The van der Waals surface area contributed by atoms with Gasteiger partial charge in [0.15, 0.2) is 5.58 Å². The van der Waals surface area contributed by atoms with E-state index in [9.17, 15) is 4.79 Å². The first-order valence-corrected chi connectivity index (χ1v) is 7.42. The largest absolute Gasteiger partial charge is 0.478 e. The third-order valence-electron chi connectivity index (χ3n) is 2.60. The molecule has 6 nitrogen and oxygen atoms in total. The van der Waals surface area contributed by atoms with Crippen LogP contribution in [-0.4, -0.2) is 45.8 Å². The number of aromatic carboxylic acids is 1. The molecule has 2 rings (SSSR count). The summed E-state index contributed by atoms with van der Waals surface area (Å²) in [5.74, 6) is 0.824. The van der Waals surface area contributed by atoms with E-state index < -0.39 is 5.97 Å². The first-order chi connectivity index (χ1) is 9.70. The summed E-state index contributed by atoms with van der Waals surface area (Å²) in [5.41, 5.74) is 1.27. The average molecular weight is 296 g/mol. The maximum Gasteiger partial charge on any atom is 0.335 e. The molecule has 0 saturated carbocycles. The highest BCUT2D eigenvalue weighted by molar-refractivity contribution is 7.99. The number of hydrogen-bond acceptors (Lipinski definition) is 6. The highest BCUT2D eigenvalue weighted by atomic mass is 32.2. The van der Waals surface area contributed by atoms with E-state index >= 15 is 0 Å². The van der Waals surface area contributed by atoms with Gasteiger partial charge in [-0.05, 0) is 30.4 Å². The quantitative estimate of drug-likeness (QED) is 0.642. The van der Waals surface area contributed by atoms with Gasteiger partial charge in [-0.25, -0.2) is 4.79 Å². The molecule has 0 spiro atoms. The van der Waals surface area contributed by atoms with Gasteiger partial charge in [-0.15, -0.1) is 0 Å². The number of rotatable bonds is 8. The Bertz CT molecular complexity index is 585. The summed E-state index contributed by atoms with van der Waals surface area (Å²) < 4.78 is 5.45. The lowest BCUT2D eigenvalue weighted by Crippen LogP contribution is -2.04. The van der Waals surface area contributed by atoms with Gasteiger partial charge in [-0.1, -0.05) is 0 Å². The topological polar surface area (TPSA) is 95.6 Å². The fourth-order valence-corrected chi connectivity index (χ4v) is 2.42. The summed E-state index contributed by atoms with van der Waals surface area (Å²) in [7, 11) is 0. The van der Waals surface area contributed by atoms with Crippen molar-refractivity contribution in [2.45, 2.75) is 6.42 Å². The van der Waals surface area contributed by atoms with Crippen molar-refractivity contribution in [2.75, 3.05) is 30.0 Å². The van der Waals surface area contributed by atoms with Gasteiger partial charge >= 0.3 is 5.97 Å². The molecule has 0 bridgehead atoms. The van der Waals surface area contributed by atoms with Crippen molar-refractivity contribution in [3.8, 4) is 0 Å². The lowest BCUT2D eigenvalue weighted by Gasteiger charge is -2.00. The molecule has 0 fully saturated rings. The molecular formula is C13H16N2O4S. The summed E-state index contributed by atoms with van der Waals surface area (Å²) in [5, 5.41) is 20.6. The number of nitrogens with zero attached hydrogens (tertiary/aromatic N) is 1. The fourth-order valence-electron chi connectivity index (χ4n) is 1.63. The zero-order valence-corrected chi connectivity index (χ0v) is 11.7. The lowest BCUT2D eigenvalue weighted by atomic mass is 10.2. The Morgan fingerprint density at radius 1 is 1.40 bits per heavy atom. The van der Waals surface area contributed by atoms with E-state index in [1.807, 2.05) is 0 Å². The molecule has 1 heterocycles. The highest BCUT2D eigenvalue weighted by Gasteiger charge is 2.09. The number of carboxylic acid groups (broad SMARTS) is 1. The van der Waals surface area contributed by atoms with Crippen LogP contribution in [-0.2, 0) is 0 Å². The third kappa shape index (κ3) is 3.88. The van der Waals surface area contributed by atoms with Gasteiger partial charge in [0.25, 0.3) is 6.01 Å². The number of hydrogen-bond donors (Lipinski definition) is 3. The van der Waals surface area contributed by atoms with Gasteiger partial charge in [0.05, 0.1) is 5.56 Å². The first-order valence-electron chi connectivity index (χ1n) is 6.27. The number of fused-ring (bicyclic) bond motifs is 1. The summed E-state index contributed by atoms with van der Waals surface area (Å²) in [6.07, 6.45) is 0.797. The molecule has 0 aliphatic carbocycles. The molecule has 2 aromatic rings. The zero-order valence-electron chi connectivity index (χ0n) is 10.8. The van der Waals surface area contributed by atoms with Crippen molar-refractivity contribution >= 4 is 34.8 Å². The van der Waals surface area contributed by atoms with Crippen LogP contribution in [0.15, 0.2) is 22.6 Å². The Morgan fingerprint density at radius 2 is 2.25 bits per heavy atom. The van der Waals surface area contributed by atoms with Crippen LogP contribution < -0.4 is 5.32 Å². The minimum atomic E-state index is -0.988. The lowest BCUT2D eigenvalue weighted by molar-refractivity contribution is 0.0697. The minimum Gasteiger partial charge on any atom is -0.478 e. The standard InChI is InChI=1S/C13H16N2O4S/c16-5-1-6-20-7-4-14-13-15-10-3-2-9(12(17)18)8-11(10)19-13/h2-3,8,16H,1,4-7H2,(H,14,15)(H,17,18). The van der Waals surface area contributed by atoms with Gasteiger partial charge < -0.3 is 19.9 Å². The van der Waals surface area contributed by atoms with Crippen LogP contribution in [0.25, 0.3) is 11.1 Å².